The fourth-order valence-electron chi connectivity index (χ4n) is 1.57. The van der Waals surface area contributed by atoms with E-state index in [1.165, 1.54) is 0 Å². The summed E-state index contributed by atoms with van der Waals surface area (Å²) in [5.41, 5.74) is 6.70. The summed E-state index contributed by atoms with van der Waals surface area (Å²) in [6, 6.07) is 7.38. The maximum Gasteiger partial charge on any atom is 0.243 e. The van der Waals surface area contributed by atoms with Gasteiger partial charge in [0.2, 0.25) is 11.7 Å². The van der Waals surface area contributed by atoms with Crippen molar-refractivity contribution >= 4 is 0 Å². The lowest BCUT2D eigenvalue weighted by Crippen LogP contribution is -2.08. The van der Waals surface area contributed by atoms with E-state index in [0.717, 1.165) is 17.7 Å². The van der Waals surface area contributed by atoms with Crippen molar-refractivity contribution in [3.8, 4) is 17.1 Å². The summed E-state index contributed by atoms with van der Waals surface area (Å²) >= 11 is 0. The molecule has 1 unspecified atom stereocenters. The van der Waals surface area contributed by atoms with Gasteiger partial charge in [0.15, 0.2) is 0 Å². The van der Waals surface area contributed by atoms with E-state index >= 15 is 0 Å². The number of ether oxygens (including phenoxy) is 1. The van der Waals surface area contributed by atoms with Gasteiger partial charge in [-0.3, -0.25) is 0 Å². The molecule has 0 spiro atoms. The highest BCUT2D eigenvalue weighted by atomic mass is 16.5. The number of benzene rings is 1. The van der Waals surface area contributed by atoms with Crippen LogP contribution in [0.5, 0.6) is 5.75 Å². The van der Waals surface area contributed by atoms with E-state index in [1.54, 1.807) is 0 Å². The van der Waals surface area contributed by atoms with E-state index in [2.05, 4.69) is 10.1 Å². The third-order valence-corrected chi connectivity index (χ3v) is 2.60. The lowest BCUT2D eigenvalue weighted by molar-refractivity contribution is 0.340. The van der Waals surface area contributed by atoms with Gasteiger partial charge in [0.1, 0.15) is 5.75 Å². The number of aromatic nitrogens is 2. The fourth-order valence-corrected chi connectivity index (χ4v) is 1.57. The van der Waals surface area contributed by atoms with Gasteiger partial charge in [-0.1, -0.05) is 24.2 Å². The van der Waals surface area contributed by atoms with E-state index in [9.17, 15) is 0 Å². The van der Waals surface area contributed by atoms with Crippen LogP contribution in [0.4, 0.5) is 0 Å². The molecule has 0 bridgehead atoms. The molecule has 0 saturated carbocycles. The van der Waals surface area contributed by atoms with Crippen molar-refractivity contribution in [1.82, 2.24) is 10.1 Å². The fraction of sp³-hybridized carbons (Fsp3) is 0.385. The van der Waals surface area contributed by atoms with Crippen molar-refractivity contribution in [2.45, 2.75) is 26.3 Å². The minimum absolute atomic E-state index is 0.207. The van der Waals surface area contributed by atoms with Gasteiger partial charge in [-0.25, -0.2) is 0 Å². The highest BCUT2D eigenvalue weighted by molar-refractivity contribution is 5.56. The number of hydrogen-bond donors (Lipinski definition) is 1. The Balaban J connectivity index is 2.25. The monoisotopic (exact) mass is 247 g/mol. The molecule has 2 rings (SSSR count). The Morgan fingerprint density at radius 1 is 1.39 bits per heavy atom. The average Bonchev–Trinajstić information content (AvgIpc) is 2.88. The number of nitrogens with zero attached hydrogens (tertiary/aromatic N) is 2. The van der Waals surface area contributed by atoms with Gasteiger partial charge in [0.25, 0.3) is 0 Å². The van der Waals surface area contributed by atoms with Crippen LogP contribution in [0.25, 0.3) is 11.4 Å². The first kappa shape index (κ1) is 12.6. The molecule has 0 aliphatic carbocycles. The summed E-state index contributed by atoms with van der Waals surface area (Å²) in [6.45, 7) is 4.55. The van der Waals surface area contributed by atoms with E-state index < -0.39 is 0 Å². The van der Waals surface area contributed by atoms with Gasteiger partial charge < -0.3 is 15.0 Å². The predicted octanol–water partition coefficient (Wildman–Crippen LogP) is 2.55. The van der Waals surface area contributed by atoms with Crippen molar-refractivity contribution < 1.29 is 9.26 Å². The third kappa shape index (κ3) is 2.68. The van der Waals surface area contributed by atoms with Gasteiger partial charge >= 0.3 is 0 Å². The quantitative estimate of drug-likeness (QED) is 0.878. The van der Waals surface area contributed by atoms with Crippen LogP contribution in [0, 0.1) is 0 Å². The van der Waals surface area contributed by atoms with Gasteiger partial charge in [-0.2, -0.15) is 4.98 Å². The zero-order valence-corrected chi connectivity index (χ0v) is 10.6. The molecule has 1 aromatic carbocycles. The van der Waals surface area contributed by atoms with Crippen molar-refractivity contribution in [2.24, 2.45) is 5.73 Å². The molecule has 1 atom stereocenters. The van der Waals surface area contributed by atoms with Gasteiger partial charge in [-0.15, -0.1) is 0 Å². The molecule has 1 heterocycles. The van der Waals surface area contributed by atoms with Crippen molar-refractivity contribution in [3.05, 3.63) is 30.2 Å². The molecular weight excluding hydrogens is 230 g/mol. The van der Waals surface area contributed by atoms with Crippen LogP contribution in [0.2, 0.25) is 0 Å². The standard InChI is InChI=1S/C13H17N3O2/c1-3-11(14)13-15-12(16-18-13)9-6-5-7-10(8-9)17-4-2/h5-8,11H,3-4,14H2,1-2H3. The minimum Gasteiger partial charge on any atom is -0.494 e. The molecular formula is C13H17N3O2. The summed E-state index contributed by atoms with van der Waals surface area (Å²) in [5.74, 6) is 1.80. The van der Waals surface area contributed by atoms with Gasteiger partial charge in [0, 0.05) is 5.56 Å². The molecule has 5 nitrogen and oxygen atoms in total. The summed E-state index contributed by atoms with van der Waals surface area (Å²) in [7, 11) is 0. The topological polar surface area (TPSA) is 74.2 Å². The predicted molar refractivity (Wildman–Crippen MR) is 68.1 cm³/mol. The molecule has 0 aliphatic heterocycles. The van der Waals surface area contributed by atoms with Crippen LogP contribution >= 0.6 is 0 Å². The van der Waals surface area contributed by atoms with Crippen LogP contribution in [-0.4, -0.2) is 16.7 Å². The Morgan fingerprint density at radius 3 is 2.94 bits per heavy atom. The Kier molecular flexibility index (Phi) is 3.94. The number of rotatable bonds is 5. The second kappa shape index (κ2) is 5.64. The average molecular weight is 247 g/mol. The molecule has 2 aromatic rings. The lowest BCUT2D eigenvalue weighted by Gasteiger charge is -2.03. The second-order valence-corrected chi connectivity index (χ2v) is 3.93. The van der Waals surface area contributed by atoms with Crippen molar-refractivity contribution in [1.29, 1.82) is 0 Å². The molecule has 18 heavy (non-hydrogen) atoms. The van der Waals surface area contributed by atoms with E-state index in [-0.39, 0.29) is 6.04 Å². The Bertz CT molecular complexity index is 510. The molecule has 0 fully saturated rings. The van der Waals surface area contributed by atoms with Crippen LogP contribution < -0.4 is 10.5 Å². The first-order valence-electron chi connectivity index (χ1n) is 6.07. The lowest BCUT2D eigenvalue weighted by atomic mass is 10.2. The smallest absolute Gasteiger partial charge is 0.243 e. The van der Waals surface area contributed by atoms with Crippen LogP contribution in [0.1, 0.15) is 32.2 Å². The number of nitrogens with two attached hydrogens (primary N) is 1. The first-order chi connectivity index (χ1) is 8.74. The molecule has 0 aliphatic rings. The SMILES string of the molecule is CCOc1cccc(-c2noc(C(N)CC)n2)c1. The molecule has 1 aromatic heterocycles. The van der Waals surface area contributed by atoms with Crippen molar-refractivity contribution in [2.75, 3.05) is 6.61 Å². The zero-order valence-electron chi connectivity index (χ0n) is 10.6. The normalized spacial score (nSPS) is 12.4. The van der Waals surface area contributed by atoms with Crippen molar-refractivity contribution in [3.63, 3.8) is 0 Å². The zero-order chi connectivity index (χ0) is 13.0. The minimum atomic E-state index is -0.207. The van der Waals surface area contributed by atoms with Crippen LogP contribution in [-0.2, 0) is 0 Å². The largest absolute Gasteiger partial charge is 0.494 e. The van der Waals surface area contributed by atoms with Gasteiger partial charge in [0.05, 0.1) is 12.6 Å². The summed E-state index contributed by atoms with van der Waals surface area (Å²) < 4.78 is 10.6. The summed E-state index contributed by atoms with van der Waals surface area (Å²) in [4.78, 5) is 4.29. The summed E-state index contributed by atoms with van der Waals surface area (Å²) in [5, 5.41) is 3.94. The number of hydrogen-bond acceptors (Lipinski definition) is 5. The van der Waals surface area contributed by atoms with Crippen LogP contribution in [0.15, 0.2) is 28.8 Å². The first-order valence-corrected chi connectivity index (χ1v) is 6.07. The highest BCUT2D eigenvalue weighted by Gasteiger charge is 2.14. The maximum atomic E-state index is 5.84. The molecule has 2 N–H and O–H groups in total. The van der Waals surface area contributed by atoms with E-state index in [4.69, 9.17) is 15.0 Å². The highest BCUT2D eigenvalue weighted by Crippen LogP contribution is 2.23. The molecule has 0 amide bonds. The van der Waals surface area contributed by atoms with Crippen LogP contribution in [0.3, 0.4) is 0 Å². The summed E-state index contributed by atoms with van der Waals surface area (Å²) in [6.07, 6.45) is 0.765. The molecule has 0 radical (unpaired) electrons. The Hall–Kier alpha value is -1.88. The van der Waals surface area contributed by atoms with E-state index in [1.807, 2.05) is 38.1 Å². The maximum absolute atomic E-state index is 5.84. The van der Waals surface area contributed by atoms with E-state index in [0.29, 0.717) is 18.3 Å². The molecule has 0 saturated heterocycles. The Morgan fingerprint density at radius 2 is 2.22 bits per heavy atom. The Labute approximate surface area is 106 Å². The third-order valence-electron chi connectivity index (χ3n) is 2.60. The molecule has 96 valence electrons. The molecule has 5 heteroatoms. The second-order valence-electron chi connectivity index (χ2n) is 3.93. The van der Waals surface area contributed by atoms with Gasteiger partial charge in [-0.05, 0) is 25.5 Å².